The SMILES string of the molecule is C=C(SCCCC)[Se]CC(C)(O)c1ccccc1. The summed E-state index contributed by atoms with van der Waals surface area (Å²) in [6.07, 6.45) is 2.48. The van der Waals surface area contributed by atoms with Gasteiger partial charge in [0.1, 0.15) is 0 Å². The Kier molecular flexibility index (Phi) is 7.09. The molecule has 0 bridgehead atoms. The number of rotatable bonds is 8. The summed E-state index contributed by atoms with van der Waals surface area (Å²) in [7, 11) is 0. The molecule has 0 spiro atoms. The molecule has 1 nitrogen and oxygen atoms in total. The van der Waals surface area contributed by atoms with E-state index in [1.54, 1.807) is 0 Å². The van der Waals surface area contributed by atoms with Crippen LogP contribution in [0.3, 0.4) is 0 Å². The molecule has 18 heavy (non-hydrogen) atoms. The fraction of sp³-hybridized carbons (Fsp3) is 0.467. The zero-order valence-electron chi connectivity index (χ0n) is 11.2. The van der Waals surface area contributed by atoms with Gasteiger partial charge in [-0.15, -0.1) is 0 Å². The number of hydrogen-bond acceptors (Lipinski definition) is 2. The summed E-state index contributed by atoms with van der Waals surface area (Å²) in [6.45, 7) is 8.20. The van der Waals surface area contributed by atoms with Crippen LogP contribution in [0.1, 0.15) is 32.3 Å². The Balaban J connectivity index is 2.40. The molecule has 1 atom stereocenters. The number of hydrogen-bond donors (Lipinski definition) is 1. The molecule has 0 amide bonds. The van der Waals surface area contributed by atoms with E-state index in [0.29, 0.717) is 0 Å². The van der Waals surface area contributed by atoms with Gasteiger partial charge in [0.15, 0.2) is 0 Å². The van der Waals surface area contributed by atoms with Crippen molar-refractivity contribution in [3.63, 3.8) is 0 Å². The predicted molar refractivity (Wildman–Crippen MR) is 83.1 cm³/mol. The number of unbranched alkanes of at least 4 members (excludes halogenated alkanes) is 1. The maximum atomic E-state index is 10.5. The van der Waals surface area contributed by atoms with Gasteiger partial charge in [-0.25, -0.2) is 0 Å². The van der Waals surface area contributed by atoms with Crippen molar-refractivity contribution in [2.24, 2.45) is 0 Å². The second kappa shape index (κ2) is 8.06. The maximum absolute atomic E-state index is 10.5. The zero-order valence-corrected chi connectivity index (χ0v) is 13.7. The van der Waals surface area contributed by atoms with Crippen LogP contribution in [0, 0.1) is 0 Å². The van der Waals surface area contributed by atoms with Gasteiger partial charge in [-0.2, -0.15) is 0 Å². The molecular weight excluding hydrogens is 307 g/mol. The van der Waals surface area contributed by atoms with Crippen LogP contribution in [0.2, 0.25) is 5.32 Å². The van der Waals surface area contributed by atoms with E-state index < -0.39 is 5.60 Å². The Hall–Kier alpha value is -0.211. The third-order valence-corrected chi connectivity index (χ3v) is 7.00. The van der Waals surface area contributed by atoms with Crippen LogP contribution in [0.15, 0.2) is 40.7 Å². The van der Waals surface area contributed by atoms with Crippen molar-refractivity contribution < 1.29 is 5.11 Å². The van der Waals surface area contributed by atoms with Crippen LogP contribution < -0.4 is 0 Å². The molecule has 100 valence electrons. The molecule has 0 heterocycles. The molecule has 1 N–H and O–H groups in total. The van der Waals surface area contributed by atoms with Crippen molar-refractivity contribution in [2.45, 2.75) is 37.6 Å². The van der Waals surface area contributed by atoms with Gasteiger partial charge in [0.25, 0.3) is 0 Å². The summed E-state index contributed by atoms with van der Waals surface area (Å²) < 4.78 is 1.24. The van der Waals surface area contributed by atoms with Crippen LogP contribution in [-0.2, 0) is 5.60 Å². The Morgan fingerprint density at radius 3 is 2.67 bits per heavy atom. The van der Waals surface area contributed by atoms with Gasteiger partial charge in [0.05, 0.1) is 0 Å². The third kappa shape index (κ3) is 5.62. The van der Waals surface area contributed by atoms with Crippen molar-refractivity contribution in [1.82, 2.24) is 0 Å². The molecule has 0 saturated heterocycles. The first-order valence-corrected chi connectivity index (χ1v) is 9.34. The van der Waals surface area contributed by atoms with Crippen molar-refractivity contribution in [1.29, 1.82) is 0 Å². The van der Waals surface area contributed by atoms with Crippen LogP contribution >= 0.6 is 11.8 Å². The van der Waals surface area contributed by atoms with Crippen LogP contribution in [0.4, 0.5) is 0 Å². The summed E-state index contributed by atoms with van der Waals surface area (Å²) in [5, 5.41) is 11.3. The van der Waals surface area contributed by atoms with Crippen molar-refractivity contribution in [3.05, 3.63) is 46.3 Å². The number of aliphatic hydroxyl groups is 1. The topological polar surface area (TPSA) is 20.2 Å². The first-order chi connectivity index (χ1) is 8.56. The van der Waals surface area contributed by atoms with E-state index in [9.17, 15) is 5.11 Å². The van der Waals surface area contributed by atoms with Crippen molar-refractivity contribution in [3.8, 4) is 0 Å². The van der Waals surface area contributed by atoms with Gasteiger partial charge in [0.2, 0.25) is 0 Å². The standard InChI is InChI=1S/C15H22OSSe/c1-4-5-11-17-13(2)18-12-15(3,16)14-9-7-6-8-10-14/h6-10,16H,2,4-5,11-12H2,1,3H3. The quantitative estimate of drug-likeness (QED) is 0.574. The van der Waals surface area contributed by atoms with Gasteiger partial charge in [-0.1, -0.05) is 0 Å². The molecule has 0 saturated carbocycles. The fourth-order valence-corrected chi connectivity index (χ4v) is 4.85. The summed E-state index contributed by atoms with van der Waals surface area (Å²) in [4.78, 5) is 0. The Morgan fingerprint density at radius 1 is 1.39 bits per heavy atom. The first-order valence-electron chi connectivity index (χ1n) is 6.28. The fourth-order valence-electron chi connectivity index (χ4n) is 1.47. The van der Waals surface area contributed by atoms with Gasteiger partial charge < -0.3 is 0 Å². The zero-order chi connectivity index (χ0) is 13.4. The van der Waals surface area contributed by atoms with Crippen LogP contribution in [0.25, 0.3) is 0 Å². The average Bonchev–Trinajstić information content (AvgIpc) is 2.38. The van der Waals surface area contributed by atoms with E-state index in [0.717, 1.165) is 16.6 Å². The molecule has 1 aromatic carbocycles. The van der Waals surface area contributed by atoms with E-state index in [1.807, 2.05) is 49.0 Å². The van der Waals surface area contributed by atoms with E-state index in [2.05, 4.69) is 13.5 Å². The van der Waals surface area contributed by atoms with Gasteiger partial charge in [-0.3, -0.25) is 0 Å². The molecule has 1 rings (SSSR count). The molecule has 3 heteroatoms. The Morgan fingerprint density at radius 2 is 2.06 bits per heavy atom. The van der Waals surface area contributed by atoms with Crippen LogP contribution in [-0.4, -0.2) is 25.8 Å². The summed E-state index contributed by atoms with van der Waals surface area (Å²) in [5.41, 5.74) is 0.272. The first kappa shape index (κ1) is 15.8. The number of thioether (sulfide) groups is 1. The molecular formula is C15H22OSSe. The van der Waals surface area contributed by atoms with Crippen LogP contribution in [0.5, 0.6) is 0 Å². The number of benzene rings is 1. The average molecular weight is 329 g/mol. The molecule has 0 aliphatic rings. The molecule has 0 radical (unpaired) electrons. The second-order valence-electron chi connectivity index (χ2n) is 4.50. The normalized spacial score (nSPS) is 14.2. The van der Waals surface area contributed by atoms with Crippen molar-refractivity contribution in [2.75, 3.05) is 5.75 Å². The van der Waals surface area contributed by atoms with Gasteiger partial charge in [-0.05, 0) is 0 Å². The second-order valence-corrected chi connectivity index (χ2v) is 8.52. The molecule has 0 aromatic heterocycles. The minimum atomic E-state index is -0.727. The molecule has 1 aromatic rings. The van der Waals surface area contributed by atoms with E-state index in [-0.39, 0.29) is 15.0 Å². The Bertz CT molecular complexity index is 362. The van der Waals surface area contributed by atoms with E-state index >= 15 is 0 Å². The summed E-state index contributed by atoms with van der Waals surface area (Å²) in [6, 6.07) is 9.90. The summed E-state index contributed by atoms with van der Waals surface area (Å²) >= 11 is 2.15. The molecule has 1 unspecified atom stereocenters. The van der Waals surface area contributed by atoms with Gasteiger partial charge in [0, 0.05) is 0 Å². The van der Waals surface area contributed by atoms with E-state index in [1.165, 1.54) is 16.6 Å². The minimum absolute atomic E-state index is 0.289. The molecule has 0 fully saturated rings. The Labute approximate surface area is 121 Å². The van der Waals surface area contributed by atoms with Gasteiger partial charge >= 0.3 is 121 Å². The predicted octanol–water partition coefficient (Wildman–Crippen LogP) is 4.02. The molecule has 0 aliphatic carbocycles. The monoisotopic (exact) mass is 330 g/mol. The molecule has 0 aliphatic heterocycles. The summed E-state index contributed by atoms with van der Waals surface area (Å²) in [5.74, 6) is 1.16. The van der Waals surface area contributed by atoms with Crippen molar-refractivity contribution >= 4 is 26.7 Å². The third-order valence-electron chi connectivity index (χ3n) is 2.67. The van der Waals surface area contributed by atoms with E-state index in [4.69, 9.17) is 0 Å².